The predicted molar refractivity (Wildman–Crippen MR) is 58.0 cm³/mol. The van der Waals surface area contributed by atoms with Crippen molar-refractivity contribution in [1.29, 1.82) is 0 Å². The molecule has 15 heavy (non-hydrogen) atoms. The molecule has 0 aliphatic heterocycles. The van der Waals surface area contributed by atoms with Crippen LogP contribution in [0.15, 0.2) is 12.1 Å². The summed E-state index contributed by atoms with van der Waals surface area (Å²) in [6.07, 6.45) is 0. The van der Waals surface area contributed by atoms with Crippen LogP contribution >= 0.6 is 0 Å². The number of fused-ring (bicyclic) bond motifs is 1. The smallest absolute Gasteiger partial charge is 0.252 e. The summed E-state index contributed by atoms with van der Waals surface area (Å²) in [6.45, 7) is 3.80. The highest BCUT2D eigenvalue weighted by atomic mass is 16.3. The molecule has 78 valence electrons. The second-order valence-corrected chi connectivity index (χ2v) is 3.62. The number of nitrogens with one attached hydrogen (secondary N) is 1. The van der Waals surface area contributed by atoms with Crippen molar-refractivity contribution in [3.05, 3.63) is 29.0 Å². The molecule has 4 heteroatoms. The number of amides is 1. The highest BCUT2D eigenvalue weighted by Gasteiger charge is 2.14. The molecule has 0 fully saturated rings. The summed E-state index contributed by atoms with van der Waals surface area (Å²) >= 11 is 0. The van der Waals surface area contributed by atoms with Gasteiger partial charge in [0.15, 0.2) is 0 Å². The summed E-state index contributed by atoms with van der Waals surface area (Å²) in [6, 6.07) is 3.27. The van der Waals surface area contributed by atoms with Crippen LogP contribution in [0, 0.1) is 13.8 Å². The summed E-state index contributed by atoms with van der Waals surface area (Å²) in [5.41, 5.74) is 8.03. The Morgan fingerprint density at radius 2 is 2.07 bits per heavy atom. The van der Waals surface area contributed by atoms with Crippen LogP contribution in [-0.2, 0) is 0 Å². The Hall–Kier alpha value is -1.97. The van der Waals surface area contributed by atoms with Crippen LogP contribution in [0.5, 0.6) is 5.75 Å². The number of aromatic nitrogens is 1. The van der Waals surface area contributed by atoms with E-state index in [2.05, 4.69) is 4.98 Å². The number of H-pyrrole nitrogens is 1. The number of primary amides is 1. The van der Waals surface area contributed by atoms with Gasteiger partial charge in [-0.05, 0) is 31.5 Å². The minimum Gasteiger partial charge on any atom is -0.506 e. The molecule has 0 atom stereocenters. The van der Waals surface area contributed by atoms with Crippen molar-refractivity contribution in [3.8, 4) is 5.75 Å². The van der Waals surface area contributed by atoms with Crippen molar-refractivity contribution in [2.24, 2.45) is 5.73 Å². The van der Waals surface area contributed by atoms with Gasteiger partial charge in [0.1, 0.15) is 5.75 Å². The van der Waals surface area contributed by atoms with Gasteiger partial charge in [-0.15, -0.1) is 0 Å². The Labute approximate surface area is 86.7 Å². The SMILES string of the molecule is Cc1[nH]c2ccc(C(N)=O)c(O)c2c1C. The van der Waals surface area contributed by atoms with Gasteiger partial charge in [0, 0.05) is 16.6 Å². The lowest BCUT2D eigenvalue weighted by molar-refractivity contribution is 0.0998. The molecule has 1 aromatic carbocycles. The van der Waals surface area contributed by atoms with Crippen LogP contribution in [-0.4, -0.2) is 16.0 Å². The Kier molecular flexibility index (Phi) is 1.93. The van der Waals surface area contributed by atoms with E-state index in [1.807, 2.05) is 13.8 Å². The fourth-order valence-electron chi connectivity index (χ4n) is 1.76. The molecule has 2 aromatic rings. The lowest BCUT2D eigenvalue weighted by Gasteiger charge is -2.02. The summed E-state index contributed by atoms with van der Waals surface area (Å²) in [7, 11) is 0. The van der Waals surface area contributed by atoms with E-state index in [0.29, 0.717) is 5.39 Å². The lowest BCUT2D eigenvalue weighted by Crippen LogP contribution is -2.10. The molecular weight excluding hydrogens is 192 g/mol. The lowest BCUT2D eigenvalue weighted by atomic mass is 10.1. The Balaban J connectivity index is 2.88. The molecule has 0 aliphatic carbocycles. The van der Waals surface area contributed by atoms with Crippen molar-refractivity contribution in [2.75, 3.05) is 0 Å². The normalized spacial score (nSPS) is 10.8. The van der Waals surface area contributed by atoms with E-state index < -0.39 is 5.91 Å². The average Bonchev–Trinajstić information content (AvgIpc) is 2.43. The van der Waals surface area contributed by atoms with Gasteiger partial charge in [-0.25, -0.2) is 0 Å². The highest BCUT2D eigenvalue weighted by Crippen LogP contribution is 2.32. The third kappa shape index (κ3) is 1.26. The Morgan fingerprint density at radius 1 is 1.40 bits per heavy atom. The molecule has 0 radical (unpaired) electrons. The zero-order valence-corrected chi connectivity index (χ0v) is 8.59. The van der Waals surface area contributed by atoms with Gasteiger partial charge in [-0.2, -0.15) is 0 Å². The van der Waals surface area contributed by atoms with Crippen LogP contribution in [0.1, 0.15) is 21.6 Å². The van der Waals surface area contributed by atoms with E-state index in [-0.39, 0.29) is 11.3 Å². The maximum atomic E-state index is 11.0. The third-order valence-electron chi connectivity index (χ3n) is 2.70. The number of benzene rings is 1. The zero-order chi connectivity index (χ0) is 11.2. The van der Waals surface area contributed by atoms with Crippen molar-refractivity contribution < 1.29 is 9.90 Å². The molecule has 0 saturated heterocycles. The quantitative estimate of drug-likeness (QED) is 0.659. The number of nitrogens with two attached hydrogens (primary N) is 1. The monoisotopic (exact) mass is 204 g/mol. The second-order valence-electron chi connectivity index (χ2n) is 3.62. The van der Waals surface area contributed by atoms with Crippen LogP contribution in [0.3, 0.4) is 0 Å². The Morgan fingerprint density at radius 3 is 2.67 bits per heavy atom. The van der Waals surface area contributed by atoms with Gasteiger partial charge in [-0.1, -0.05) is 0 Å². The summed E-state index contributed by atoms with van der Waals surface area (Å²) in [4.78, 5) is 14.2. The fraction of sp³-hybridized carbons (Fsp3) is 0.182. The van der Waals surface area contributed by atoms with Crippen molar-refractivity contribution in [3.63, 3.8) is 0 Å². The van der Waals surface area contributed by atoms with Gasteiger partial charge in [0.05, 0.1) is 5.56 Å². The number of phenols is 1. The first-order valence-corrected chi connectivity index (χ1v) is 4.63. The molecule has 1 heterocycles. The van der Waals surface area contributed by atoms with E-state index in [1.165, 1.54) is 6.07 Å². The second kappa shape index (κ2) is 3.02. The van der Waals surface area contributed by atoms with Crippen LogP contribution in [0.4, 0.5) is 0 Å². The number of carbonyl (C=O) groups is 1. The standard InChI is InChI=1S/C11H12N2O2/c1-5-6(2)13-8-4-3-7(11(12)15)10(14)9(5)8/h3-4,13-14H,1-2H3,(H2,12,15). The number of hydrogen-bond acceptors (Lipinski definition) is 2. The maximum Gasteiger partial charge on any atom is 0.252 e. The van der Waals surface area contributed by atoms with E-state index >= 15 is 0 Å². The fourth-order valence-corrected chi connectivity index (χ4v) is 1.76. The molecule has 0 saturated carbocycles. The molecular formula is C11H12N2O2. The maximum absolute atomic E-state index is 11.0. The molecule has 1 aromatic heterocycles. The summed E-state index contributed by atoms with van der Waals surface area (Å²) in [5, 5.41) is 10.6. The van der Waals surface area contributed by atoms with Crippen molar-refractivity contribution in [1.82, 2.24) is 4.98 Å². The first-order chi connectivity index (χ1) is 7.02. The van der Waals surface area contributed by atoms with Crippen molar-refractivity contribution in [2.45, 2.75) is 13.8 Å². The predicted octanol–water partition coefficient (Wildman–Crippen LogP) is 1.59. The summed E-state index contributed by atoms with van der Waals surface area (Å²) in [5.74, 6) is -0.658. The number of aromatic amines is 1. The van der Waals surface area contributed by atoms with Gasteiger partial charge in [-0.3, -0.25) is 4.79 Å². The van der Waals surface area contributed by atoms with E-state index in [4.69, 9.17) is 5.73 Å². The molecule has 1 amide bonds. The van der Waals surface area contributed by atoms with E-state index in [9.17, 15) is 9.90 Å². The number of hydrogen-bond donors (Lipinski definition) is 3. The number of carbonyl (C=O) groups excluding carboxylic acids is 1. The number of aromatic hydroxyl groups is 1. The molecule has 0 aliphatic rings. The van der Waals surface area contributed by atoms with Gasteiger partial charge in [0.25, 0.3) is 5.91 Å². The van der Waals surface area contributed by atoms with E-state index in [1.54, 1.807) is 6.07 Å². The van der Waals surface area contributed by atoms with Gasteiger partial charge in [0.2, 0.25) is 0 Å². The summed E-state index contributed by atoms with van der Waals surface area (Å²) < 4.78 is 0. The molecule has 0 unspecified atom stereocenters. The van der Waals surface area contributed by atoms with Gasteiger partial charge < -0.3 is 15.8 Å². The Bertz CT molecular complexity index is 555. The third-order valence-corrected chi connectivity index (χ3v) is 2.70. The first-order valence-electron chi connectivity index (χ1n) is 4.63. The van der Waals surface area contributed by atoms with E-state index in [0.717, 1.165) is 16.8 Å². The minimum atomic E-state index is -0.618. The molecule has 2 rings (SSSR count). The minimum absolute atomic E-state index is 0.0400. The average molecular weight is 204 g/mol. The number of rotatable bonds is 1. The molecule has 4 N–H and O–H groups in total. The first kappa shape index (κ1) is 9.58. The molecule has 0 spiro atoms. The van der Waals surface area contributed by atoms with Crippen LogP contribution < -0.4 is 5.73 Å². The van der Waals surface area contributed by atoms with Crippen molar-refractivity contribution >= 4 is 16.8 Å². The number of aryl methyl sites for hydroxylation is 2. The molecule has 4 nitrogen and oxygen atoms in total. The zero-order valence-electron chi connectivity index (χ0n) is 8.59. The van der Waals surface area contributed by atoms with Crippen LogP contribution in [0.2, 0.25) is 0 Å². The topological polar surface area (TPSA) is 79.1 Å². The largest absolute Gasteiger partial charge is 0.506 e. The van der Waals surface area contributed by atoms with Crippen LogP contribution in [0.25, 0.3) is 10.9 Å². The highest BCUT2D eigenvalue weighted by molar-refractivity contribution is 6.03. The molecule has 0 bridgehead atoms. The van der Waals surface area contributed by atoms with Gasteiger partial charge >= 0.3 is 0 Å².